The number of fused-ring (bicyclic) bond motifs is 1. The van der Waals surface area contributed by atoms with E-state index >= 15 is 0 Å². The van der Waals surface area contributed by atoms with Crippen LogP contribution in [0.25, 0.3) is 0 Å². The Labute approximate surface area is 154 Å². The predicted molar refractivity (Wildman–Crippen MR) is 101 cm³/mol. The van der Waals surface area contributed by atoms with Gasteiger partial charge in [0.25, 0.3) is 0 Å². The van der Waals surface area contributed by atoms with E-state index in [1.807, 2.05) is 0 Å². The highest BCUT2D eigenvalue weighted by molar-refractivity contribution is 7.92. The number of amides is 2. The van der Waals surface area contributed by atoms with Crippen molar-refractivity contribution in [2.24, 2.45) is 0 Å². The van der Waals surface area contributed by atoms with Crippen LogP contribution in [0.15, 0.2) is 18.2 Å². The van der Waals surface area contributed by atoms with E-state index in [-0.39, 0.29) is 6.04 Å². The van der Waals surface area contributed by atoms with Crippen molar-refractivity contribution in [2.75, 3.05) is 22.4 Å². The third-order valence-electron chi connectivity index (χ3n) is 4.96. The van der Waals surface area contributed by atoms with Gasteiger partial charge in [0.05, 0.1) is 11.9 Å². The third kappa shape index (κ3) is 4.35. The molecule has 1 aromatic carbocycles. The zero-order valence-electron chi connectivity index (χ0n) is 15.0. The molecule has 0 spiro atoms. The summed E-state index contributed by atoms with van der Waals surface area (Å²) in [6.45, 7) is 0.460. The fourth-order valence-electron chi connectivity index (χ4n) is 3.67. The third-order valence-corrected chi connectivity index (χ3v) is 6.14. The first kappa shape index (κ1) is 18.7. The van der Waals surface area contributed by atoms with E-state index in [9.17, 15) is 18.0 Å². The van der Waals surface area contributed by atoms with Gasteiger partial charge in [-0.3, -0.25) is 13.9 Å². The maximum atomic E-state index is 12.1. The van der Waals surface area contributed by atoms with Crippen LogP contribution in [0.5, 0.6) is 0 Å². The number of nitrogens with one attached hydrogen (secondary N) is 2. The summed E-state index contributed by atoms with van der Waals surface area (Å²) >= 11 is 0. The Balaban J connectivity index is 1.67. The molecule has 1 aromatic rings. The number of carbonyl (C=O) groups is 2. The van der Waals surface area contributed by atoms with Crippen LogP contribution in [0.4, 0.5) is 11.4 Å². The largest absolute Gasteiger partial charge is 0.345 e. The van der Waals surface area contributed by atoms with Gasteiger partial charge in [-0.2, -0.15) is 0 Å². The summed E-state index contributed by atoms with van der Waals surface area (Å²) in [5.74, 6) is -1.31. The Bertz CT molecular complexity index is 801. The zero-order valence-corrected chi connectivity index (χ0v) is 15.8. The molecule has 3 rings (SSSR count). The molecular weight excluding hydrogens is 354 g/mol. The molecule has 0 bridgehead atoms. The second kappa shape index (κ2) is 7.65. The van der Waals surface area contributed by atoms with Gasteiger partial charge in [0.1, 0.15) is 0 Å². The van der Waals surface area contributed by atoms with Crippen LogP contribution in [0.2, 0.25) is 0 Å². The highest BCUT2D eigenvalue weighted by atomic mass is 32.2. The molecule has 1 aliphatic heterocycles. The van der Waals surface area contributed by atoms with Gasteiger partial charge in [0.15, 0.2) is 0 Å². The number of carbonyl (C=O) groups excluding carboxylic acids is 2. The standard InChI is InChI=1S/C18H25N3O4S/c1-26(24,25)21-11-5-6-13-12-15(9-10-16(13)21)20-18(23)17(22)19-14-7-3-2-4-8-14/h9-10,12,14H,2-8,11H2,1H3,(H,19,22)(H,20,23). The lowest BCUT2D eigenvalue weighted by Crippen LogP contribution is -2.42. The van der Waals surface area contributed by atoms with E-state index in [4.69, 9.17) is 0 Å². The molecule has 26 heavy (non-hydrogen) atoms. The Morgan fingerprint density at radius 3 is 2.50 bits per heavy atom. The van der Waals surface area contributed by atoms with Gasteiger partial charge < -0.3 is 10.6 Å². The second-order valence-electron chi connectivity index (χ2n) is 7.04. The van der Waals surface area contributed by atoms with E-state index < -0.39 is 21.8 Å². The summed E-state index contributed by atoms with van der Waals surface area (Å²) in [6, 6.07) is 5.14. The second-order valence-corrected chi connectivity index (χ2v) is 8.95. The van der Waals surface area contributed by atoms with Crippen molar-refractivity contribution in [3.63, 3.8) is 0 Å². The van der Waals surface area contributed by atoms with Gasteiger partial charge >= 0.3 is 11.8 Å². The van der Waals surface area contributed by atoms with Gasteiger partial charge in [-0.05, 0) is 49.4 Å². The molecular formula is C18H25N3O4S. The number of hydrogen-bond donors (Lipinski definition) is 2. The van der Waals surface area contributed by atoms with Gasteiger partial charge in [-0.1, -0.05) is 19.3 Å². The highest BCUT2D eigenvalue weighted by Gasteiger charge is 2.25. The first-order valence-electron chi connectivity index (χ1n) is 9.07. The topological polar surface area (TPSA) is 95.6 Å². The van der Waals surface area contributed by atoms with Crippen LogP contribution >= 0.6 is 0 Å². The maximum absolute atomic E-state index is 12.1. The van der Waals surface area contributed by atoms with Gasteiger partial charge in [0, 0.05) is 18.3 Å². The monoisotopic (exact) mass is 379 g/mol. The summed E-state index contributed by atoms with van der Waals surface area (Å²) in [6.07, 6.45) is 7.81. The summed E-state index contributed by atoms with van der Waals surface area (Å²) in [7, 11) is -3.32. The Morgan fingerprint density at radius 1 is 1.08 bits per heavy atom. The van der Waals surface area contributed by atoms with Crippen LogP contribution in [0.3, 0.4) is 0 Å². The van der Waals surface area contributed by atoms with Crippen LogP contribution in [0, 0.1) is 0 Å². The highest BCUT2D eigenvalue weighted by Crippen LogP contribution is 2.31. The smallest absolute Gasteiger partial charge is 0.313 e. The fourth-order valence-corrected chi connectivity index (χ4v) is 4.67. The van der Waals surface area contributed by atoms with E-state index in [0.29, 0.717) is 17.9 Å². The number of benzene rings is 1. The zero-order chi connectivity index (χ0) is 18.7. The van der Waals surface area contributed by atoms with Crippen molar-refractivity contribution < 1.29 is 18.0 Å². The number of rotatable bonds is 3. The van der Waals surface area contributed by atoms with E-state index in [1.165, 1.54) is 17.0 Å². The Morgan fingerprint density at radius 2 is 1.81 bits per heavy atom. The number of aryl methyl sites for hydroxylation is 1. The fraction of sp³-hybridized carbons (Fsp3) is 0.556. The molecule has 0 radical (unpaired) electrons. The van der Waals surface area contributed by atoms with Gasteiger partial charge in [-0.25, -0.2) is 8.42 Å². The first-order chi connectivity index (χ1) is 12.3. The molecule has 7 nitrogen and oxygen atoms in total. The molecule has 0 unspecified atom stereocenters. The quantitative estimate of drug-likeness (QED) is 0.783. The van der Waals surface area contributed by atoms with Crippen LogP contribution < -0.4 is 14.9 Å². The molecule has 0 saturated heterocycles. The average molecular weight is 379 g/mol. The van der Waals surface area contributed by atoms with Crippen molar-refractivity contribution in [3.05, 3.63) is 23.8 Å². The van der Waals surface area contributed by atoms with Crippen molar-refractivity contribution in [2.45, 2.75) is 51.0 Å². The molecule has 2 aliphatic rings. The molecule has 2 amide bonds. The normalized spacial score (nSPS) is 18.1. The molecule has 1 fully saturated rings. The molecule has 0 aromatic heterocycles. The average Bonchev–Trinajstić information content (AvgIpc) is 2.61. The lowest BCUT2D eigenvalue weighted by atomic mass is 9.95. The lowest BCUT2D eigenvalue weighted by molar-refractivity contribution is -0.136. The molecule has 0 atom stereocenters. The van der Waals surface area contributed by atoms with Crippen LogP contribution in [-0.2, 0) is 26.0 Å². The maximum Gasteiger partial charge on any atom is 0.313 e. The number of hydrogen-bond acceptors (Lipinski definition) is 4. The van der Waals surface area contributed by atoms with Crippen molar-refractivity contribution >= 4 is 33.2 Å². The van der Waals surface area contributed by atoms with Crippen LogP contribution in [-0.4, -0.2) is 39.1 Å². The van der Waals surface area contributed by atoms with Gasteiger partial charge in [-0.15, -0.1) is 0 Å². The van der Waals surface area contributed by atoms with Crippen LogP contribution in [0.1, 0.15) is 44.1 Å². The molecule has 1 heterocycles. The number of sulfonamides is 1. The van der Waals surface area contributed by atoms with Crippen molar-refractivity contribution in [1.82, 2.24) is 5.32 Å². The van der Waals surface area contributed by atoms with E-state index in [2.05, 4.69) is 10.6 Å². The number of nitrogens with zero attached hydrogens (tertiary/aromatic N) is 1. The summed E-state index contributed by atoms with van der Waals surface area (Å²) in [5.41, 5.74) is 2.00. The Hall–Kier alpha value is -2.09. The Kier molecular flexibility index (Phi) is 5.50. The summed E-state index contributed by atoms with van der Waals surface area (Å²) in [4.78, 5) is 24.2. The predicted octanol–water partition coefficient (Wildman–Crippen LogP) is 1.79. The van der Waals surface area contributed by atoms with E-state index in [1.54, 1.807) is 18.2 Å². The summed E-state index contributed by atoms with van der Waals surface area (Å²) in [5, 5.41) is 5.41. The van der Waals surface area contributed by atoms with Gasteiger partial charge in [0.2, 0.25) is 10.0 Å². The molecule has 2 N–H and O–H groups in total. The SMILES string of the molecule is CS(=O)(=O)N1CCCc2cc(NC(=O)C(=O)NC3CCCCC3)ccc21. The minimum atomic E-state index is -3.32. The van der Waals surface area contributed by atoms with Crippen molar-refractivity contribution in [3.8, 4) is 0 Å². The summed E-state index contributed by atoms with van der Waals surface area (Å²) < 4.78 is 25.2. The minimum absolute atomic E-state index is 0.0776. The molecule has 142 valence electrons. The lowest BCUT2D eigenvalue weighted by Gasteiger charge is -2.29. The number of anilines is 2. The van der Waals surface area contributed by atoms with E-state index in [0.717, 1.165) is 44.1 Å². The molecule has 1 aliphatic carbocycles. The molecule has 8 heteroatoms. The van der Waals surface area contributed by atoms with Crippen molar-refractivity contribution in [1.29, 1.82) is 0 Å². The minimum Gasteiger partial charge on any atom is -0.345 e. The first-order valence-corrected chi connectivity index (χ1v) is 10.9. The molecule has 1 saturated carbocycles.